The molecule has 7 rings (SSSR count). The fraction of sp³-hybridized carbons (Fsp3) is 0.350. The van der Waals surface area contributed by atoms with Crippen molar-refractivity contribution in [3.63, 3.8) is 0 Å². The smallest absolute Gasteiger partial charge is 0.335 e. The number of ether oxygens (including phenoxy) is 1. The van der Waals surface area contributed by atoms with Crippen LogP contribution in [0.3, 0.4) is 0 Å². The number of carbonyl (C=O) groups excluding carboxylic acids is 1. The maximum absolute atomic E-state index is 15.2. The standard InChI is InChI=1S/C40H35ClF6N2O6S/c41-30-17-28(42)11-9-25(30)19-48(56(53,54)39-37(46)35(44)34(43)36(45)38(39)47)20-33(50)49(18-21-13-26(22-5-6-22)15-27(14-21)23-7-8-23)31-12-10-24(40(51)52)16-32(31)55-29-3-1-2-4-29/h9-17,22-23,29H,1-8,18-20H2,(H,51,52). The number of hydrogen-bond acceptors (Lipinski definition) is 5. The molecule has 4 aromatic carbocycles. The summed E-state index contributed by atoms with van der Waals surface area (Å²) in [6.45, 7) is -2.43. The first-order valence-electron chi connectivity index (χ1n) is 18.1. The second kappa shape index (κ2) is 15.7. The Morgan fingerprint density at radius 3 is 1.89 bits per heavy atom. The van der Waals surface area contributed by atoms with Crippen LogP contribution in [0.4, 0.5) is 32.0 Å². The molecule has 16 heteroatoms. The molecule has 0 aromatic heterocycles. The molecule has 1 N–H and O–H groups in total. The van der Waals surface area contributed by atoms with E-state index in [9.17, 15) is 40.7 Å². The van der Waals surface area contributed by atoms with Crippen molar-refractivity contribution in [1.82, 2.24) is 4.31 Å². The summed E-state index contributed by atoms with van der Waals surface area (Å²) in [6.07, 6.45) is 6.54. The molecule has 8 nitrogen and oxygen atoms in total. The third-order valence-electron chi connectivity index (χ3n) is 10.3. The quantitative estimate of drug-likeness (QED) is 0.0773. The number of carboxylic acids is 1. The molecule has 4 aromatic rings. The lowest BCUT2D eigenvalue weighted by atomic mass is 9.99. The second-order valence-electron chi connectivity index (χ2n) is 14.5. The van der Waals surface area contributed by atoms with E-state index in [4.69, 9.17) is 16.3 Å². The SMILES string of the molecule is O=C(O)c1ccc(N(Cc2cc(C3CC3)cc(C3CC3)c2)C(=O)CN(Cc2ccc(F)cc2Cl)S(=O)(=O)c2c(F)c(F)c(F)c(F)c2F)c(OC2CCCC2)c1. The molecule has 56 heavy (non-hydrogen) atoms. The van der Waals surface area contributed by atoms with Crippen LogP contribution in [-0.2, 0) is 27.9 Å². The van der Waals surface area contributed by atoms with Crippen LogP contribution in [0.15, 0.2) is 59.5 Å². The Bertz CT molecular complexity index is 2270. The lowest BCUT2D eigenvalue weighted by Gasteiger charge is -2.30. The Kier molecular flexibility index (Phi) is 11.1. The summed E-state index contributed by atoms with van der Waals surface area (Å²) >= 11 is 6.20. The topological polar surface area (TPSA) is 104 Å². The molecule has 0 unspecified atom stereocenters. The molecular weight excluding hydrogens is 786 g/mol. The van der Waals surface area contributed by atoms with Crippen molar-refractivity contribution >= 4 is 39.2 Å². The fourth-order valence-electron chi connectivity index (χ4n) is 7.02. The fourth-order valence-corrected chi connectivity index (χ4v) is 8.73. The lowest BCUT2D eigenvalue weighted by Crippen LogP contribution is -2.43. The normalized spacial score (nSPS) is 16.1. The van der Waals surface area contributed by atoms with Gasteiger partial charge in [0.2, 0.25) is 21.7 Å². The third kappa shape index (κ3) is 8.25. The summed E-state index contributed by atoms with van der Waals surface area (Å²) in [5.74, 6) is -15.5. The van der Waals surface area contributed by atoms with Gasteiger partial charge in [0.05, 0.1) is 30.4 Å². The van der Waals surface area contributed by atoms with Crippen LogP contribution >= 0.6 is 11.6 Å². The van der Waals surface area contributed by atoms with Gasteiger partial charge in [-0.25, -0.2) is 39.6 Å². The zero-order valence-corrected chi connectivity index (χ0v) is 31.2. The number of hydrogen-bond donors (Lipinski definition) is 1. The number of halogens is 7. The van der Waals surface area contributed by atoms with Crippen LogP contribution in [0.25, 0.3) is 0 Å². The summed E-state index contributed by atoms with van der Waals surface area (Å²) in [7, 11) is -5.77. The minimum atomic E-state index is -5.77. The number of nitrogens with zero attached hydrogens (tertiary/aromatic N) is 2. The Labute approximate surface area is 323 Å². The maximum atomic E-state index is 15.2. The first-order chi connectivity index (χ1) is 26.6. The number of amides is 1. The van der Waals surface area contributed by atoms with Crippen LogP contribution in [0.1, 0.15) is 95.8 Å². The first kappa shape index (κ1) is 39.6. The minimum absolute atomic E-state index is 0.00154. The molecule has 0 aliphatic heterocycles. The van der Waals surface area contributed by atoms with Gasteiger partial charge in [-0.15, -0.1) is 0 Å². The van der Waals surface area contributed by atoms with Gasteiger partial charge in [-0.05, 0) is 116 Å². The first-order valence-corrected chi connectivity index (χ1v) is 19.9. The van der Waals surface area contributed by atoms with Gasteiger partial charge in [-0.2, -0.15) is 4.31 Å². The van der Waals surface area contributed by atoms with Crippen LogP contribution in [0.5, 0.6) is 5.75 Å². The van der Waals surface area contributed by atoms with E-state index in [1.54, 1.807) is 0 Å². The number of carboxylic acid groups (broad SMARTS) is 1. The highest BCUT2D eigenvalue weighted by Gasteiger charge is 2.39. The average Bonchev–Trinajstić information content (AvgIpc) is 4.11. The van der Waals surface area contributed by atoms with Gasteiger partial charge in [-0.3, -0.25) is 4.79 Å². The predicted octanol–water partition coefficient (Wildman–Crippen LogP) is 9.37. The van der Waals surface area contributed by atoms with Crippen molar-refractivity contribution in [1.29, 1.82) is 0 Å². The Balaban J connectivity index is 1.35. The summed E-state index contributed by atoms with van der Waals surface area (Å²) in [5, 5.41) is 9.48. The molecule has 3 aliphatic rings. The molecule has 1 amide bonds. The zero-order valence-electron chi connectivity index (χ0n) is 29.6. The highest BCUT2D eigenvalue weighted by Crippen LogP contribution is 2.46. The molecule has 3 fully saturated rings. The van der Waals surface area contributed by atoms with Gasteiger partial charge in [-0.1, -0.05) is 35.9 Å². The molecule has 0 spiro atoms. The molecule has 3 aliphatic carbocycles. The maximum Gasteiger partial charge on any atom is 0.335 e. The van der Waals surface area contributed by atoms with Gasteiger partial charge < -0.3 is 14.7 Å². The Hall–Kier alpha value is -4.60. The number of carbonyl (C=O) groups is 2. The van der Waals surface area contributed by atoms with Gasteiger partial charge in [0.1, 0.15) is 11.6 Å². The third-order valence-corrected chi connectivity index (χ3v) is 12.5. The minimum Gasteiger partial charge on any atom is -0.488 e. The molecule has 0 atom stereocenters. The van der Waals surface area contributed by atoms with E-state index >= 15 is 8.78 Å². The molecule has 296 valence electrons. The Morgan fingerprint density at radius 1 is 0.750 bits per heavy atom. The molecule has 0 saturated heterocycles. The second-order valence-corrected chi connectivity index (χ2v) is 16.7. The molecule has 0 heterocycles. The summed E-state index contributed by atoms with van der Waals surface area (Å²) in [6, 6.07) is 12.6. The largest absolute Gasteiger partial charge is 0.488 e. The summed E-state index contributed by atoms with van der Waals surface area (Å²) in [4.78, 5) is 25.8. The number of sulfonamides is 1. The number of rotatable bonds is 14. The van der Waals surface area contributed by atoms with Crippen molar-refractivity contribution in [3.05, 3.63) is 122 Å². The Morgan fingerprint density at radius 2 is 1.34 bits per heavy atom. The van der Waals surface area contributed by atoms with E-state index in [0.29, 0.717) is 30.2 Å². The number of benzene rings is 4. The lowest BCUT2D eigenvalue weighted by molar-refractivity contribution is -0.119. The highest BCUT2D eigenvalue weighted by molar-refractivity contribution is 7.89. The van der Waals surface area contributed by atoms with Gasteiger partial charge >= 0.3 is 5.97 Å². The van der Waals surface area contributed by atoms with E-state index in [1.807, 2.05) is 12.1 Å². The highest BCUT2D eigenvalue weighted by atomic mass is 35.5. The van der Waals surface area contributed by atoms with Crippen molar-refractivity contribution < 1.29 is 54.2 Å². The zero-order chi connectivity index (χ0) is 40.1. The van der Waals surface area contributed by atoms with Gasteiger partial charge in [0, 0.05) is 11.6 Å². The van der Waals surface area contributed by atoms with Crippen molar-refractivity contribution in [2.75, 3.05) is 11.4 Å². The van der Waals surface area contributed by atoms with E-state index in [-0.39, 0.29) is 44.5 Å². The van der Waals surface area contributed by atoms with Crippen LogP contribution in [0.2, 0.25) is 5.02 Å². The predicted molar refractivity (Wildman–Crippen MR) is 193 cm³/mol. The van der Waals surface area contributed by atoms with E-state index < -0.39 is 74.8 Å². The summed E-state index contributed by atoms with van der Waals surface area (Å²) in [5.41, 5.74) is 2.48. The van der Waals surface area contributed by atoms with Crippen molar-refractivity contribution in [3.8, 4) is 5.75 Å². The van der Waals surface area contributed by atoms with Crippen LogP contribution < -0.4 is 9.64 Å². The summed E-state index contributed by atoms with van der Waals surface area (Å²) < 4.78 is 122. The molecule has 3 saturated carbocycles. The van der Waals surface area contributed by atoms with Gasteiger partial charge in [0.15, 0.2) is 28.2 Å². The number of anilines is 1. The number of aromatic carboxylic acids is 1. The molecular formula is C40H35ClF6N2O6S. The average molecular weight is 821 g/mol. The van der Waals surface area contributed by atoms with E-state index in [1.165, 1.54) is 18.2 Å². The van der Waals surface area contributed by atoms with Crippen molar-refractivity contribution in [2.24, 2.45) is 0 Å². The molecule has 0 bridgehead atoms. The van der Waals surface area contributed by atoms with Gasteiger partial charge in [0.25, 0.3) is 0 Å². The van der Waals surface area contributed by atoms with Crippen molar-refractivity contribution in [2.45, 2.75) is 87.3 Å². The van der Waals surface area contributed by atoms with Crippen LogP contribution in [-0.4, -0.2) is 42.4 Å². The van der Waals surface area contributed by atoms with E-state index in [2.05, 4.69) is 6.07 Å². The van der Waals surface area contributed by atoms with E-state index in [0.717, 1.165) is 72.8 Å². The molecule has 0 radical (unpaired) electrons. The monoisotopic (exact) mass is 820 g/mol. The van der Waals surface area contributed by atoms with Crippen LogP contribution in [0, 0.1) is 34.9 Å².